The maximum Gasteiger partial charge on any atom is 0.410 e. The van der Waals surface area contributed by atoms with Crippen molar-refractivity contribution in [1.82, 2.24) is 19.6 Å². The van der Waals surface area contributed by atoms with Crippen molar-refractivity contribution in [3.8, 4) is 5.75 Å². The van der Waals surface area contributed by atoms with E-state index in [2.05, 4.69) is 26.1 Å². The van der Waals surface area contributed by atoms with Gasteiger partial charge in [0.25, 0.3) is 5.91 Å². The van der Waals surface area contributed by atoms with Gasteiger partial charge in [-0.3, -0.25) is 4.79 Å². The molecule has 7 rings (SSSR count). The minimum Gasteiger partial charge on any atom is -0.507 e. The number of amides is 4. The van der Waals surface area contributed by atoms with Crippen LogP contribution in [0.3, 0.4) is 0 Å². The van der Waals surface area contributed by atoms with Gasteiger partial charge in [-0.1, -0.05) is 24.3 Å². The zero-order valence-electron chi connectivity index (χ0n) is 29.0. The molecule has 3 N–H and O–H groups in total. The van der Waals surface area contributed by atoms with E-state index in [0.29, 0.717) is 67.5 Å². The molecule has 0 bridgehead atoms. The standard InChI is InChI=1S/C37H49BBrN5O6/c38-29-21-24(22-30(39)33(29)45)23-32(34(46)42-16-8-27(9-17-42)41-14-6-26(7-15-41)37(49)12-13-37)50-36(48)43-18-10-28(11-19-43)44-20-5-25-3-1-2-4-31(25)40-35(44)47/h1-4,21-22,26-28,32,45,49H,5-20,23,38H2,(H,40,47)/t32-/m1/s1. The number of nitrogens with zero attached hydrogens (tertiary/aromatic N) is 4. The number of carbonyl (C=O) groups excluding carboxylic acids is 3. The van der Waals surface area contributed by atoms with Crippen molar-refractivity contribution in [3.63, 3.8) is 0 Å². The van der Waals surface area contributed by atoms with E-state index < -0.39 is 17.8 Å². The molecule has 0 radical (unpaired) electrons. The van der Waals surface area contributed by atoms with Gasteiger partial charge in [-0.05, 0) is 121 Å². The highest BCUT2D eigenvalue weighted by Crippen LogP contribution is 2.46. The van der Waals surface area contributed by atoms with Gasteiger partial charge >= 0.3 is 12.1 Å². The molecule has 0 unspecified atom stereocenters. The molecule has 4 amide bonds. The topological polar surface area (TPSA) is 126 Å². The third kappa shape index (κ3) is 7.65. The summed E-state index contributed by atoms with van der Waals surface area (Å²) in [5.74, 6) is 0.372. The summed E-state index contributed by atoms with van der Waals surface area (Å²) in [4.78, 5) is 48.8. The zero-order valence-corrected chi connectivity index (χ0v) is 30.6. The summed E-state index contributed by atoms with van der Waals surface area (Å²) in [5, 5.41) is 23.9. The summed E-state index contributed by atoms with van der Waals surface area (Å²) in [5.41, 5.74) is 3.03. The van der Waals surface area contributed by atoms with Gasteiger partial charge < -0.3 is 39.9 Å². The number of benzene rings is 2. The largest absolute Gasteiger partial charge is 0.507 e. The highest BCUT2D eigenvalue weighted by atomic mass is 79.9. The lowest BCUT2D eigenvalue weighted by Gasteiger charge is -2.43. The molecule has 3 saturated heterocycles. The maximum absolute atomic E-state index is 14.1. The molecule has 1 atom stereocenters. The molecule has 5 aliphatic rings. The molecule has 4 aliphatic heterocycles. The van der Waals surface area contributed by atoms with Gasteiger partial charge in [0, 0.05) is 56.9 Å². The fraction of sp³-hybridized carbons (Fsp3) is 0.595. The smallest absolute Gasteiger partial charge is 0.410 e. The van der Waals surface area contributed by atoms with Crippen LogP contribution in [-0.4, -0.2) is 125 Å². The molecule has 268 valence electrons. The van der Waals surface area contributed by atoms with Crippen LogP contribution < -0.4 is 10.8 Å². The molecule has 2 aromatic carbocycles. The van der Waals surface area contributed by atoms with Gasteiger partial charge in [0.2, 0.25) is 0 Å². The van der Waals surface area contributed by atoms with Crippen LogP contribution in [0.25, 0.3) is 0 Å². The number of aliphatic hydroxyl groups is 1. The third-order valence-electron chi connectivity index (χ3n) is 11.9. The van der Waals surface area contributed by atoms with Gasteiger partial charge in [0.1, 0.15) is 13.6 Å². The summed E-state index contributed by atoms with van der Waals surface area (Å²) in [6.07, 6.45) is 6.40. The molecular weight excluding hydrogens is 701 g/mol. The van der Waals surface area contributed by atoms with Gasteiger partial charge in [-0.25, -0.2) is 9.59 Å². The Bertz CT molecular complexity index is 1560. The van der Waals surface area contributed by atoms with E-state index in [-0.39, 0.29) is 30.2 Å². The minimum atomic E-state index is -1.00. The maximum atomic E-state index is 14.1. The Labute approximate surface area is 303 Å². The predicted molar refractivity (Wildman–Crippen MR) is 197 cm³/mol. The number of para-hydroxylation sites is 1. The molecule has 0 aromatic heterocycles. The SMILES string of the molecule is Bc1cc(C[C@@H](OC(=O)N2CCC(N3CCc4ccccc4NC3=O)CC2)C(=O)N2CCC(N3CCC(C4(O)CC4)CC3)CC2)cc(Br)c1O. The van der Waals surface area contributed by atoms with E-state index in [1.807, 2.05) is 40.1 Å². The second kappa shape index (κ2) is 14.8. The minimum absolute atomic E-state index is 0.00802. The van der Waals surface area contributed by atoms with Gasteiger partial charge in [-0.15, -0.1) is 0 Å². The molecular formula is C37H49BBrN5O6. The molecule has 50 heavy (non-hydrogen) atoms. The summed E-state index contributed by atoms with van der Waals surface area (Å²) in [7, 11) is 1.80. The van der Waals surface area contributed by atoms with Crippen molar-refractivity contribution in [2.45, 2.75) is 88.0 Å². The van der Waals surface area contributed by atoms with Crippen molar-refractivity contribution in [1.29, 1.82) is 0 Å². The monoisotopic (exact) mass is 749 g/mol. The van der Waals surface area contributed by atoms with Crippen LogP contribution in [0.4, 0.5) is 15.3 Å². The van der Waals surface area contributed by atoms with Gasteiger partial charge in [-0.2, -0.15) is 0 Å². The van der Waals surface area contributed by atoms with Gasteiger partial charge in [0.15, 0.2) is 6.10 Å². The normalized spacial score (nSPS) is 22.8. The van der Waals surface area contributed by atoms with E-state index in [0.717, 1.165) is 74.8 Å². The number of hydrogen-bond donors (Lipinski definition) is 3. The molecule has 13 heteroatoms. The van der Waals surface area contributed by atoms with E-state index in [1.54, 1.807) is 18.8 Å². The van der Waals surface area contributed by atoms with Gasteiger partial charge in [0.05, 0.1) is 10.1 Å². The van der Waals surface area contributed by atoms with E-state index in [9.17, 15) is 24.6 Å². The summed E-state index contributed by atoms with van der Waals surface area (Å²) in [6.45, 7) is 4.69. The fourth-order valence-corrected chi connectivity index (χ4v) is 9.21. The van der Waals surface area contributed by atoms with Crippen LogP contribution in [0.15, 0.2) is 40.9 Å². The third-order valence-corrected chi connectivity index (χ3v) is 12.5. The van der Waals surface area contributed by atoms with Crippen molar-refractivity contribution in [3.05, 3.63) is 52.0 Å². The number of urea groups is 1. The number of anilines is 1. The van der Waals surface area contributed by atoms with E-state index >= 15 is 0 Å². The summed E-state index contributed by atoms with van der Waals surface area (Å²) < 4.78 is 6.60. The number of ether oxygens (including phenoxy) is 1. The van der Waals surface area contributed by atoms with Crippen LogP contribution in [0, 0.1) is 5.92 Å². The molecule has 4 fully saturated rings. The molecule has 2 aromatic rings. The number of phenolic OH excluding ortho intramolecular Hbond substituents is 1. The first-order valence-electron chi connectivity index (χ1n) is 18.4. The Kier molecular flexibility index (Phi) is 10.4. The van der Waals surface area contributed by atoms with Crippen molar-refractivity contribution >= 4 is 53.0 Å². The number of nitrogens with one attached hydrogen (secondary N) is 1. The Morgan fingerprint density at radius 2 is 1.60 bits per heavy atom. The number of likely N-dealkylation sites (tertiary alicyclic amines) is 3. The zero-order chi connectivity index (χ0) is 35.0. The average Bonchev–Trinajstić information content (AvgIpc) is 3.91. The Hall–Kier alpha value is -3.29. The van der Waals surface area contributed by atoms with Crippen LogP contribution >= 0.6 is 15.9 Å². The molecule has 4 heterocycles. The fourth-order valence-electron chi connectivity index (χ4n) is 8.61. The number of aromatic hydroxyl groups is 1. The molecule has 11 nitrogen and oxygen atoms in total. The number of phenols is 1. The average molecular weight is 751 g/mol. The quantitative estimate of drug-likeness (QED) is 0.372. The van der Waals surface area contributed by atoms with Crippen molar-refractivity contribution < 1.29 is 29.3 Å². The number of carbonyl (C=O) groups is 3. The number of rotatable bonds is 7. The van der Waals surface area contributed by atoms with E-state index in [4.69, 9.17) is 4.74 Å². The van der Waals surface area contributed by atoms with Crippen molar-refractivity contribution in [2.24, 2.45) is 5.92 Å². The Morgan fingerprint density at radius 3 is 2.28 bits per heavy atom. The number of piperidine rings is 3. The molecule has 1 saturated carbocycles. The first-order valence-corrected chi connectivity index (χ1v) is 19.2. The van der Waals surface area contributed by atoms with E-state index in [1.165, 1.54) is 0 Å². The molecule has 1 aliphatic carbocycles. The van der Waals surface area contributed by atoms with Crippen LogP contribution in [0.1, 0.15) is 62.5 Å². The first-order chi connectivity index (χ1) is 24.1. The highest BCUT2D eigenvalue weighted by Gasteiger charge is 2.48. The Morgan fingerprint density at radius 1 is 0.940 bits per heavy atom. The predicted octanol–water partition coefficient (Wildman–Crippen LogP) is 3.24. The lowest BCUT2D eigenvalue weighted by molar-refractivity contribution is -0.142. The lowest BCUT2D eigenvalue weighted by Crippen LogP contribution is -2.53. The summed E-state index contributed by atoms with van der Waals surface area (Å²) in [6, 6.07) is 11.8. The van der Waals surface area contributed by atoms with Crippen LogP contribution in [0.2, 0.25) is 0 Å². The number of hydrogen-bond acceptors (Lipinski definition) is 7. The molecule has 0 spiro atoms. The first kappa shape index (κ1) is 35.1. The second-order valence-electron chi connectivity index (χ2n) is 15.0. The van der Waals surface area contributed by atoms with Crippen molar-refractivity contribution in [2.75, 3.05) is 51.1 Å². The van der Waals surface area contributed by atoms with Crippen LogP contribution in [0.5, 0.6) is 5.75 Å². The second-order valence-corrected chi connectivity index (χ2v) is 15.9. The Balaban J connectivity index is 0.963. The van der Waals surface area contributed by atoms with Crippen LogP contribution in [-0.2, 0) is 22.4 Å². The lowest BCUT2D eigenvalue weighted by atomic mass is 9.88. The highest BCUT2D eigenvalue weighted by molar-refractivity contribution is 9.10. The summed E-state index contributed by atoms with van der Waals surface area (Å²) >= 11 is 3.42. The number of fused-ring (bicyclic) bond motifs is 1. The number of halogens is 1.